The van der Waals surface area contributed by atoms with Gasteiger partial charge in [-0.05, 0) is 47.9 Å². The molecule has 1 atom stereocenters. The number of carbonyl (C=O) groups excluding carboxylic acids is 2. The molecule has 0 heterocycles. The lowest BCUT2D eigenvalue weighted by atomic mass is 10.0. The second kappa shape index (κ2) is 14.2. The summed E-state index contributed by atoms with van der Waals surface area (Å²) in [5.41, 5.74) is 1.82. The second-order valence-corrected chi connectivity index (χ2v) is 12.7. The topological polar surface area (TPSA) is 86.8 Å². The van der Waals surface area contributed by atoms with Crippen LogP contribution in [0.2, 0.25) is 10.0 Å². The molecule has 3 aromatic rings. The number of benzene rings is 3. The Kier molecular flexibility index (Phi) is 11.2. The molecule has 7 nitrogen and oxygen atoms in total. The van der Waals surface area contributed by atoms with Gasteiger partial charge in [0.2, 0.25) is 21.8 Å². The first kappa shape index (κ1) is 30.9. The molecule has 0 aliphatic heterocycles. The molecule has 208 valence electrons. The Bertz CT molecular complexity index is 1410. The fourth-order valence-electron chi connectivity index (χ4n) is 4.00. The van der Waals surface area contributed by atoms with Crippen molar-refractivity contribution in [3.63, 3.8) is 0 Å². The fourth-order valence-corrected chi connectivity index (χ4v) is 5.55. The van der Waals surface area contributed by atoms with Crippen LogP contribution in [0.3, 0.4) is 0 Å². The summed E-state index contributed by atoms with van der Waals surface area (Å²) < 4.78 is 27.3. The highest BCUT2D eigenvalue weighted by Crippen LogP contribution is 2.26. The molecule has 0 aliphatic rings. The van der Waals surface area contributed by atoms with Crippen LogP contribution < -0.4 is 9.62 Å². The minimum Gasteiger partial charge on any atom is -0.354 e. The van der Waals surface area contributed by atoms with Gasteiger partial charge in [-0.25, -0.2) is 8.42 Å². The van der Waals surface area contributed by atoms with E-state index in [1.54, 1.807) is 42.5 Å². The van der Waals surface area contributed by atoms with E-state index < -0.39 is 28.5 Å². The second-order valence-electron chi connectivity index (χ2n) is 9.02. The first-order chi connectivity index (χ1) is 18.5. The van der Waals surface area contributed by atoms with E-state index in [1.165, 1.54) is 4.90 Å². The number of anilines is 1. The zero-order chi connectivity index (χ0) is 28.6. The lowest BCUT2D eigenvalue weighted by molar-refractivity contribution is -0.140. The van der Waals surface area contributed by atoms with Gasteiger partial charge >= 0.3 is 0 Å². The van der Waals surface area contributed by atoms with Crippen molar-refractivity contribution >= 4 is 66.7 Å². The highest BCUT2D eigenvalue weighted by Gasteiger charge is 2.33. The molecule has 0 aliphatic carbocycles. The summed E-state index contributed by atoms with van der Waals surface area (Å²) in [5.74, 6) is -0.874. The monoisotopic (exact) mass is 653 g/mol. The molecular formula is C28H30BrCl2N3O4S. The van der Waals surface area contributed by atoms with Crippen molar-refractivity contribution in [2.24, 2.45) is 0 Å². The Morgan fingerprint density at radius 3 is 2.28 bits per heavy atom. The van der Waals surface area contributed by atoms with Crippen molar-refractivity contribution in [3.05, 3.63) is 98.4 Å². The lowest BCUT2D eigenvalue weighted by Crippen LogP contribution is -2.53. The summed E-state index contributed by atoms with van der Waals surface area (Å²) in [4.78, 5) is 28.9. The third kappa shape index (κ3) is 8.96. The van der Waals surface area contributed by atoms with E-state index in [1.807, 2.05) is 37.3 Å². The Morgan fingerprint density at radius 1 is 0.949 bits per heavy atom. The molecular weight excluding hydrogens is 625 g/mol. The number of hydrogen-bond acceptors (Lipinski definition) is 4. The van der Waals surface area contributed by atoms with Crippen molar-refractivity contribution in [3.8, 4) is 0 Å². The van der Waals surface area contributed by atoms with Crippen LogP contribution in [0, 0.1) is 0 Å². The van der Waals surface area contributed by atoms with Crippen LogP contribution in [0.15, 0.2) is 77.3 Å². The number of halogens is 3. The predicted octanol–water partition coefficient (Wildman–Crippen LogP) is 5.69. The maximum Gasteiger partial charge on any atom is 0.244 e. The van der Waals surface area contributed by atoms with Crippen molar-refractivity contribution in [2.45, 2.75) is 32.4 Å². The van der Waals surface area contributed by atoms with Gasteiger partial charge in [0.1, 0.15) is 12.6 Å². The SMILES string of the molecule is CCCNC(=O)[C@@H](Cc1ccccc1)N(Cc1ccc(Cl)c(Cl)c1)C(=O)CN(c1cccc(Br)c1)S(C)(=O)=O. The molecule has 2 amide bonds. The van der Waals surface area contributed by atoms with Crippen molar-refractivity contribution in [2.75, 3.05) is 23.7 Å². The summed E-state index contributed by atoms with van der Waals surface area (Å²) in [6, 6.07) is 20.1. The Labute approximate surface area is 248 Å². The van der Waals surface area contributed by atoms with Crippen LogP contribution >= 0.6 is 39.1 Å². The maximum absolute atomic E-state index is 14.0. The molecule has 0 saturated heterocycles. The zero-order valence-corrected chi connectivity index (χ0v) is 25.5. The van der Waals surface area contributed by atoms with Gasteiger partial charge in [0.15, 0.2) is 0 Å². The number of rotatable bonds is 12. The van der Waals surface area contributed by atoms with E-state index in [9.17, 15) is 18.0 Å². The Morgan fingerprint density at radius 2 is 1.67 bits per heavy atom. The smallest absolute Gasteiger partial charge is 0.244 e. The maximum atomic E-state index is 14.0. The predicted molar refractivity (Wildman–Crippen MR) is 161 cm³/mol. The van der Waals surface area contributed by atoms with Crippen LogP contribution in [0.1, 0.15) is 24.5 Å². The molecule has 11 heteroatoms. The minimum absolute atomic E-state index is 0.0167. The largest absolute Gasteiger partial charge is 0.354 e. The average Bonchev–Trinajstić information content (AvgIpc) is 2.89. The summed E-state index contributed by atoms with van der Waals surface area (Å²) >= 11 is 15.7. The number of sulfonamides is 1. The van der Waals surface area contributed by atoms with Crippen LogP contribution in [0.4, 0.5) is 5.69 Å². The van der Waals surface area contributed by atoms with Gasteiger partial charge in [-0.2, -0.15) is 0 Å². The molecule has 0 fully saturated rings. The quantitative estimate of drug-likeness (QED) is 0.272. The highest BCUT2D eigenvalue weighted by molar-refractivity contribution is 9.10. The molecule has 0 radical (unpaired) electrons. The molecule has 1 N–H and O–H groups in total. The molecule has 0 spiro atoms. The average molecular weight is 655 g/mol. The van der Waals surface area contributed by atoms with Crippen LogP contribution in [-0.4, -0.2) is 50.5 Å². The molecule has 0 saturated carbocycles. The molecule has 3 rings (SSSR count). The molecule has 3 aromatic carbocycles. The van der Waals surface area contributed by atoms with Crippen molar-refractivity contribution < 1.29 is 18.0 Å². The van der Waals surface area contributed by atoms with E-state index >= 15 is 0 Å². The first-order valence-electron chi connectivity index (χ1n) is 12.3. The van der Waals surface area contributed by atoms with Gasteiger partial charge in [-0.3, -0.25) is 13.9 Å². The van der Waals surface area contributed by atoms with E-state index in [0.717, 1.165) is 22.5 Å². The number of amides is 2. The summed E-state index contributed by atoms with van der Waals surface area (Å²) in [6.45, 7) is 1.89. The van der Waals surface area contributed by atoms with E-state index in [4.69, 9.17) is 23.2 Å². The number of carbonyl (C=O) groups is 2. The zero-order valence-electron chi connectivity index (χ0n) is 21.6. The van der Waals surface area contributed by atoms with Gasteiger partial charge in [-0.1, -0.05) is 88.5 Å². The molecule has 0 unspecified atom stereocenters. The van der Waals surface area contributed by atoms with Gasteiger partial charge in [0.05, 0.1) is 22.0 Å². The van der Waals surface area contributed by atoms with Gasteiger partial charge in [0, 0.05) is 24.0 Å². The van der Waals surface area contributed by atoms with E-state index in [-0.39, 0.29) is 18.9 Å². The van der Waals surface area contributed by atoms with Gasteiger partial charge < -0.3 is 10.2 Å². The highest BCUT2D eigenvalue weighted by atomic mass is 79.9. The minimum atomic E-state index is -3.84. The van der Waals surface area contributed by atoms with Crippen molar-refractivity contribution in [1.29, 1.82) is 0 Å². The number of nitrogens with one attached hydrogen (secondary N) is 1. The van der Waals surface area contributed by atoms with Gasteiger partial charge in [-0.15, -0.1) is 0 Å². The van der Waals surface area contributed by atoms with Crippen LogP contribution in [0.25, 0.3) is 0 Å². The third-order valence-corrected chi connectivity index (χ3v) is 8.31. The summed E-state index contributed by atoms with van der Waals surface area (Å²) in [7, 11) is -3.84. The van der Waals surface area contributed by atoms with E-state index in [0.29, 0.717) is 32.3 Å². The first-order valence-corrected chi connectivity index (χ1v) is 15.7. The van der Waals surface area contributed by atoms with E-state index in [2.05, 4.69) is 21.2 Å². The van der Waals surface area contributed by atoms with Crippen LogP contribution in [-0.2, 0) is 32.6 Å². The summed E-state index contributed by atoms with van der Waals surface area (Å²) in [6.07, 6.45) is 1.99. The number of nitrogens with zero attached hydrogens (tertiary/aromatic N) is 2. The Hall–Kier alpha value is -2.59. The van der Waals surface area contributed by atoms with Crippen molar-refractivity contribution in [1.82, 2.24) is 10.2 Å². The molecule has 0 bridgehead atoms. The molecule has 0 aromatic heterocycles. The molecule has 39 heavy (non-hydrogen) atoms. The normalized spacial score (nSPS) is 12.0. The van der Waals surface area contributed by atoms with Crippen LogP contribution in [0.5, 0.6) is 0 Å². The summed E-state index contributed by atoms with van der Waals surface area (Å²) in [5, 5.41) is 3.57. The standard InChI is InChI=1S/C28H30BrCl2N3O4S/c1-3-14-32-28(36)26(16-20-8-5-4-6-9-20)33(18-21-12-13-24(30)25(31)15-21)27(35)19-34(39(2,37)38)23-11-7-10-22(29)17-23/h4-13,15,17,26H,3,14,16,18-19H2,1-2H3,(H,32,36)/t26-/m1/s1. The third-order valence-electron chi connectivity index (χ3n) is 5.93. The Balaban J connectivity index is 2.06. The van der Waals surface area contributed by atoms with Gasteiger partial charge in [0.25, 0.3) is 0 Å². The number of hydrogen-bond donors (Lipinski definition) is 1. The fraction of sp³-hybridized carbons (Fsp3) is 0.286. The lowest BCUT2D eigenvalue weighted by Gasteiger charge is -2.33.